The largest absolute Gasteiger partial charge is 0.342 e. The molecule has 0 bridgehead atoms. The lowest BCUT2D eigenvalue weighted by Crippen LogP contribution is -2.40. The Balaban J connectivity index is 1.40. The summed E-state index contributed by atoms with van der Waals surface area (Å²) < 4.78 is 0. The first-order valence-electron chi connectivity index (χ1n) is 9.71. The van der Waals surface area contributed by atoms with Crippen LogP contribution in [0, 0.1) is 0 Å². The highest BCUT2D eigenvalue weighted by Gasteiger charge is 2.30. The van der Waals surface area contributed by atoms with Crippen LogP contribution in [0.25, 0.3) is 10.8 Å². The Morgan fingerprint density at radius 3 is 2.54 bits per heavy atom. The summed E-state index contributed by atoms with van der Waals surface area (Å²) >= 11 is 0. The number of fused-ring (bicyclic) bond motifs is 1. The Morgan fingerprint density at radius 2 is 1.77 bits per heavy atom. The van der Waals surface area contributed by atoms with Gasteiger partial charge in [0.1, 0.15) is 5.78 Å². The maximum atomic E-state index is 12.5. The zero-order chi connectivity index (χ0) is 17.9. The number of nitrogens with zero attached hydrogens (tertiary/aromatic N) is 2. The van der Waals surface area contributed by atoms with Gasteiger partial charge in [0.15, 0.2) is 0 Å². The molecule has 1 saturated carbocycles. The first-order chi connectivity index (χ1) is 12.7. The van der Waals surface area contributed by atoms with Crippen molar-refractivity contribution in [3.8, 4) is 0 Å². The van der Waals surface area contributed by atoms with Gasteiger partial charge in [0, 0.05) is 51.5 Å². The minimum Gasteiger partial charge on any atom is -0.342 e. The third-order valence-corrected chi connectivity index (χ3v) is 5.60. The molecule has 0 atom stereocenters. The predicted octanol–water partition coefficient (Wildman–Crippen LogP) is 3.39. The van der Waals surface area contributed by atoms with E-state index >= 15 is 0 Å². The van der Waals surface area contributed by atoms with E-state index < -0.39 is 0 Å². The van der Waals surface area contributed by atoms with E-state index in [0.29, 0.717) is 38.4 Å². The Kier molecular flexibility index (Phi) is 5.02. The van der Waals surface area contributed by atoms with Crippen molar-refractivity contribution in [1.82, 2.24) is 9.80 Å². The number of rotatable bonds is 6. The summed E-state index contributed by atoms with van der Waals surface area (Å²) in [4.78, 5) is 28.2. The molecule has 0 radical (unpaired) electrons. The lowest BCUT2D eigenvalue weighted by atomic mass is 10.0. The minimum absolute atomic E-state index is 0.195. The molecule has 2 fully saturated rings. The second kappa shape index (κ2) is 7.58. The van der Waals surface area contributed by atoms with Crippen molar-refractivity contribution in [2.24, 2.45) is 0 Å². The highest BCUT2D eigenvalue weighted by atomic mass is 16.2. The molecule has 0 N–H and O–H groups in total. The third-order valence-electron chi connectivity index (χ3n) is 5.60. The zero-order valence-electron chi connectivity index (χ0n) is 15.2. The second-order valence-corrected chi connectivity index (χ2v) is 7.51. The smallest absolute Gasteiger partial charge is 0.223 e. The number of hydrogen-bond acceptors (Lipinski definition) is 3. The highest BCUT2D eigenvalue weighted by molar-refractivity contribution is 5.85. The fraction of sp³-hybridized carbons (Fsp3) is 0.455. The molecule has 1 aliphatic carbocycles. The normalized spacial score (nSPS) is 17.9. The number of amides is 1. The summed E-state index contributed by atoms with van der Waals surface area (Å²) in [7, 11) is 0. The molecule has 2 aromatic rings. The van der Waals surface area contributed by atoms with E-state index in [0.717, 1.165) is 13.1 Å². The minimum atomic E-state index is 0.195. The quantitative estimate of drug-likeness (QED) is 0.802. The number of carbonyl (C=O) groups excluding carboxylic acids is 2. The molecule has 0 aromatic heterocycles. The van der Waals surface area contributed by atoms with Crippen molar-refractivity contribution in [2.75, 3.05) is 19.6 Å². The number of benzene rings is 2. The van der Waals surface area contributed by atoms with Crippen molar-refractivity contribution in [2.45, 2.75) is 44.7 Å². The molecule has 1 heterocycles. The maximum Gasteiger partial charge on any atom is 0.223 e. The Bertz CT molecular complexity index is 797. The van der Waals surface area contributed by atoms with Gasteiger partial charge in [0.05, 0.1) is 0 Å². The topological polar surface area (TPSA) is 40.6 Å². The molecule has 2 aliphatic rings. The van der Waals surface area contributed by atoms with Gasteiger partial charge in [0.2, 0.25) is 5.91 Å². The van der Waals surface area contributed by atoms with Crippen molar-refractivity contribution < 1.29 is 9.59 Å². The molecule has 1 aliphatic heterocycles. The van der Waals surface area contributed by atoms with E-state index in [1.165, 1.54) is 29.2 Å². The monoisotopic (exact) mass is 350 g/mol. The summed E-state index contributed by atoms with van der Waals surface area (Å²) in [5.41, 5.74) is 1.34. The number of ketones is 1. The zero-order valence-corrected chi connectivity index (χ0v) is 15.2. The van der Waals surface area contributed by atoms with E-state index in [9.17, 15) is 9.59 Å². The molecule has 4 heteroatoms. The van der Waals surface area contributed by atoms with Gasteiger partial charge in [-0.1, -0.05) is 42.5 Å². The lowest BCUT2D eigenvalue weighted by molar-refractivity contribution is -0.134. The average molecular weight is 350 g/mol. The standard InChI is InChI=1S/C22H26N2O2/c25-20-10-13-23(14-11-20)22(26)12-15-24(19-8-9-19)16-18-6-3-5-17-4-1-2-7-21(17)18/h1-7,19H,8-16H2. The summed E-state index contributed by atoms with van der Waals surface area (Å²) in [6.45, 7) is 2.91. The van der Waals surface area contributed by atoms with Crippen LogP contribution in [0.3, 0.4) is 0 Å². The molecule has 1 amide bonds. The number of hydrogen-bond donors (Lipinski definition) is 0. The van der Waals surface area contributed by atoms with Crippen LogP contribution in [-0.4, -0.2) is 47.2 Å². The number of Topliss-reactive ketones (excluding diaryl/α,β-unsaturated/α-hetero) is 1. The van der Waals surface area contributed by atoms with Crippen LogP contribution in [0.15, 0.2) is 42.5 Å². The molecule has 0 unspecified atom stereocenters. The molecule has 26 heavy (non-hydrogen) atoms. The van der Waals surface area contributed by atoms with Crippen molar-refractivity contribution in [1.29, 1.82) is 0 Å². The first-order valence-corrected chi connectivity index (χ1v) is 9.71. The van der Waals surface area contributed by atoms with Gasteiger partial charge in [-0.15, -0.1) is 0 Å². The van der Waals surface area contributed by atoms with Gasteiger partial charge in [-0.05, 0) is 29.2 Å². The number of piperidine rings is 1. The van der Waals surface area contributed by atoms with Crippen LogP contribution in [-0.2, 0) is 16.1 Å². The lowest BCUT2D eigenvalue weighted by Gasteiger charge is -2.28. The Labute approximate surface area is 154 Å². The summed E-state index contributed by atoms with van der Waals surface area (Å²) in [6.07, 6.45) is 4.06. The first kappa shape index (κ1) is 17.2. The van der Waals surface area contributed by atoms with Gasteiger partial charge >= 0.3 is 0 Å². The van der Waals surface area contributed by atoms with Gasteiger partial charge in [-0.25, -0.2) is 0 Å². The van der Waals surface area contributed by atoms with E-state index in [-0.39, 0.29) is 11.7 Å². The molecule has 2 aromatic carbocycles. The van der Waals surface area contributed by atoms with Crippen molar-refractivity contribution in [3.05, 3.63) is 48.0 Å². The summed E-state index contributed by atoms with van der Waals surface area (Å²) in [6, 6.07) is 15.6. The van der Waals surface area contributed by atoms with E-state index in [4.69, 9.17) is 0 Å². The molecule has 1 saturated heterocycles. The van der Waals surface area contributed by atoms with Crippen LogP contribution in [0.1, 0.15) is 37.7 Å². The van der Waals surface area contributed by atoms with Crippen LogP contribution in [0.4, 0.5) is 0 Å². The van der Waals surface area contributed by atoms with Crippen LogP contribution >= 0.6 is 0 Å². The molecule has 4 nitrogen and oxygen atoms in total. The van der Waals surface area contributed by atoms with E-state index in [1.807, 2.05) is 4.90 Å². The molecule has 136 valence electrons. The van der Waals surface area contributed by atoms with Gasteiger partial charge in [0.25, 0.3) is 0 Å². The maximum absolute atomic E-state index is 12.5. The Hall–Kier alpha value is -2.20. The average Bonchev–Trinajstić information content (AvgIpc) is 3.51. The van der Waals surface area contributed by atoms with E-state index in [1.54, 1.807) is 0 Å². The van der Waals surface area contributed by atoms with Gasteiger partial charge < -0.3 is 4.90 Å². The van der Waals surface area contributed by atoms with Crippen LogP contribution in [0.2, 0.25) is 0 Å². The molecular weight excluding hydrogens is 324 g/mol. The van der Waals surface area contributed by atoms with Crippen molar-refractivity contribution >= 4 is 22.5 Å². The molecule has 4 rings (SSSR count). The van der Waals surface area contributed by atoms with E-state index in [2.05, 4.69) is 47.4 Å². The predicted molar refractivity (Wildman–Crippen MR) is 103 cm³/mol. The van der Waals surface area contributed by atoms with Crippen LogP contribution < -0.4 is 0 Å². The second-order valence-electron chi connectivity index (χ2n) is 7.51. The molecular formula is C22H26N2O2. The fourth-order valence-corrected chi connectivity index (χ4v) is 3.88. The van der Waals surface area contributed by atoms with Gasteiger partial charge in [-0.3, -0.25) is 14.5 Å². The molecule has 0 spiro atoms. The SMILES string of the molecule is O=C1CCN(C(=O)CCN(Cc2cccc3ccccc23)C2CC2)CC1. The summed E-state index contributed by atoms with van der Waals surface area (Å²) in [5.74, 6) is 0.477. The third kappa shape index (κ3) is 3.96. The van der Waals surface area contributed by atoms with Crippen LogP contribution in [0.5, 0.6) is 0 Å². The number of likely N-dealkylation sites (tertiary alicyclic amines) is 1. The highest BCUT2D eigenvalue weighted by Crippen LogP contribution is 2.30. The van der Waals surface area contributed by atoms with Gasteiger partial charge in [-0.2, -0.15) is 0 Å². The number of carbonyl (C=O) groups is 2. The Morgan fingerprint density at radius 1 is 1.04 bits per heavy atom. The summed E-state index contributed by atoms with van der Waals surface area (Å²) in [5, 5.41) is 2.58. The fourth-order valence-electron chi connectivity index (χ4n) is 3.88. The van der Waals surface area contributed by atoms with Crippen molar-refractivity contribution in [3.63, 3.8) is 0 Å².